The maximum absolute atomic E-state index is 12.7. The van der Waals surface area contributed by atoms with Gasteiger partial charge in [0.1, 0.15) is 0 Å². The van der Waals surface area contributed by atoms with Crippen molar-refractivity contribution in [3.63, 3.8) is 0 Å². The number of piperidine rings is 1. The van der Waals surface area contributed by atoms with Crippen LogP contribution in [-0.4, -0.2) is 39.3 Å². The van der Waals surface area contributed by atoms with Gasteiger partial charge < -0.3 is 15.4 Å². The van der Waals surface area contributed by atoms with Crippen molar-refractivity contribution in [2.45, 2.75) is 32.1 Å². The van der Waals surface area contributed by atoms with Crippen LogP contribution in [-0.2, 0) is 14.9 Å². The zero-order valence-electron chi connectivity index (χ0n) is 14.4. The molecule has 130 valence electrons. The van der Waals surface area contributed by atoms with E-state index < -0.39 is 5.41 Å². The van der Waals surface area contributed by atoms with Crippen LogP contribution in [0.2, 0.25) is 0 Å². The summed E-state index contributed by atoms with van der Waals surface area (Å²) < 4.78 is 5.41. The Hall–Kier alpha value is -1.10. The third-order valence-electron chi connectivity index (χ3n) is 4.80. The topological polar surface area (TPSA) is 50.4 Å². The number of amides is 1. The molecule has 2 N–H and O–H groups in total. The molecular weight excluding hydrogens is 312 g/mol. The van der Waals surface area contributed by atoms with Gasteiger partial charge in [0.05, 0.1) is 12.0 Å². The fourth-order valence-electron chi connectivity index (χ4n) is 3.11. The van der Waals surface area contributed by atoms with E-state index in [9.17, 15) is 4.79 Å². The minimum atomic E-state index is -0.525. The molecule has 1 heterocycles. The van der Waals surface area contributed by atoms with E-state index in [-0.39, 0.29) is 23.7 Å². The second-order valence-corrected chi connectivity index (χ2v) is 6.86. The van der Waals surface area contributed by atoms with Crippen LogP contribution in [0.3, 0.4) is 0 Å². The fourth-order valence-corrected chi connectivity index (χ4v) is 3.11. The molecule has 0 unspecified atom stereocenters. The minimum Gasteiger partial charge on any atom is -0.384 e. The summed E-state index contributed by atoms with van der Waals surface area (Å²) in [5.74, 6) is 0.0766. The van der Waals surface area contributed by atoms with Crippen LogP contribution in [0.5, 0.6) is 0 Å². The summed E-state index contributed by atoms with van der Waals surface area (Å²) in [5.41, 5.74) is 0.573. The summed E-state index contributed by atoms with van der Waals surface area (Å²) >= 11 is 0. The summed E-state index contributed by atoms with van der Waals surface area (Å²) in [6, 6.07) is 9.94. The Morgan fingerprint density at radius 2 is 1.87 bits per heavy atom. The predicted octanol–water partition coefficient (Wildman–Crippen LogP) is 2.52. The monoisotopic (exact) mass is 340 g/mol. The molecule has 1 aliphatic heterocycles. The molecule has 0 aliphatic carbocycles. The van der Waals surface area contributed by atoms with Gasteiger partial charge in [0.25, 0.3) is 0 Å². The average Bonchev–Trinajstić information content (AvgIpc) is 2.54. The molecule has 1 saturated heterocycles. The first-order valence-corrected chi connectivity index (χ1v) is 8.04. The molecule has 4 nitrogen and oxygen atoms in total. The zero-order chi connectivity index (χ0) is 16.1. The van der Waals surface area contributed by atoms with Crippen molar-refractivity contribution in [1.29, 1.82) is 0 Å². The smallest absolute Gasteiger partial charge is 0.230 e. The second kappa shape index (κ2) is 8.67. The van der Waals surface area contributed by atoms with Crippen molar-refractivity contribution >= 4 is 18.3 Å². The van der Waals surface area contributed by atoms with Gasteiger partial charge in [0, 0.05) is 19.1 Å². The van der Waals surface area contributed by atoms with E-state index in [1.54, 1.807) is 7.11 Å². The number of carbonyl (C=O) groups excluding carboxylic acids is 1. The number of hydrogen-bond acceptors (Lipinski definition) is 3. The summed E-state index contributed by atoms with van der Waals surface area (Å²) in [4.78, 5) is 12.7. The van der Waals surface area contributed by atoms with Crippen molar-refractivity contribution in [3.8, 4) is 0 Å². The maximum atomic E-state index is 12.7. The number of nitrogens with one attached hydrogen (secondary N) is 2. The Kier molecular flexibility index (Phi) is 7.52. The Morgan fingerprint density at radius 3 is 2.43 bits per heavy atom. The van der Waals surface area contributed by atoms with Gasteiger partial charge in [-0.05, 0) is 45.3 Å². The molecule has 1 fully saturated rings. The first-order chi connectivity index (χ1) is 10.5. The molecule has 0 radical (unpaired) electrons. The molecule has 0 bridgehead atoms. The third-order valence-corrected chi connectivity index (χ3v) is 4.80. The van der Waals surface area contributed by atoms with E-state index in [2.05, 4.69) is 10.6 Å². The highest BCUT2D eigenvalue weighted by Gasteiger charge is 2.35. The fraction of sp³-hybridized carbons (Fsp3) is 0.611. The van der Waals surface area contributed by atoms with Gasteiger partial charge in [-0.1, -0.05) is 30.3 Å². The molecule has 1 amide bonds. The molecule has 2 rings (SSSR count). The second-order valence-electron chi connectivity index (χ2n) is 6.86. The van der Waals surface area contributed by atoms with Crippen molar-refractivity contribution in [2.75, 3.05) is 33.4 Å². The Labute approximate surface area is 145 Å². The van der Waals surface area contributed by atoms with Gasteiger partial charge >= 0.3 is 0 Å². The number of hydrogen-bond donors (Lipinski definition) is 2. The van der Waals surface area contributed by atoms with Crippen LogP contribution in [0.25, 0.3) is 0 Å². The number of carbonyl (C=O) groups is 1. The summed E-state index contributed by atoms with van der Waals surface area (Å²) in [5, 5.41) is 6.54. The summed E-state index contributed by atoms with van der Waals surface area (Å²) in [6.45, 7) is 7.30. The van der Waals surface area contributed by atoms with E-state index in [0.29, 0.717) is 13.2 Å². The minimum absolute atomic E-state index is 0. The predicted molar refractivity (Wildman–Crippen MR) is 96.1 cm³/mol. The van der Waals surface area contributed by atoms with Gasteiger partial charge in [-0.2, -0.15) is 0 Å². The number of ether oxygens (including phenoxy) is 1. The van der Waals surface area contributed by atoms with Crippen LogP contribution in [0.4, 0.5) is 0 Å². The first kappa shape index (κ1) is 19.9. The quantitative estimate of drug-likeness (QED) is 0.836. The van der Waals surface area contributed by atoms with Crippen molar-refractivity contribution in [2.24, 2.45) is 5.41 Å². The number of methoxy groups -OCH3 is 1. The van der Waals surface area contributed by atoms with E-state index in [0.717, 1.165) is 31.5 Å². The lowest BCUT2D eigenvalue weighted by Crippen LogP contribution is -2.50. The molecule has 23 heavy (non-hydrogen) atoms. The van der Waals surface area contributed by atoms with E-state index >= 15 is 0 Å². The van der Waals surface area contributed by atoms with Gasteiger partial charge in [-0.15, -0.1) is 12.4 Å². The Bertz CT molecular complexity index is 480. The highest BCUT2D eigenvalue weighted by atomic mass is 35.5. The molecule has 0 aromatic heterocycles. The van der Waals surface area contributed by atoms with Crippen LogP contribution in [0, 0.1) is 5.41 Å². The van der Waals surface area contributed by atoms with Gasteiger partial charge in [-0.3, -0.25) is 4.79 Å². The number of benzene rings is 1. The van der Waals surface area contributed by atoms with Crippen molar-refractivity contribution in [1.82, 2.24) is 10.6 Å². The summed E-state index contributed by atoms with van der Waals surface area (Å²) in [6.07, 6.45) is 2.07. The lowest BCUT2D eigenvalue weighted by molar-refractivity contribution is -0.126. The van der Waals surface area contributed by atoms with Crippen LogP contribution in [0.15, 0.2) is 30.3 Å². The van der Waals surface area contributed by atoms with Crippen molar-refractivity contribution in [3.05, 3.63) is 35.9 Å². The number of rotatable bonds is 6. The largest absolute Gasteiger partial charge is 0.384 e. The highest BCUT2D eigenvalue weighted by Crippen LogP contribution is 2.29. The molecule has 1 aromatic carbocycles. The molecule has 1 aliphatic rings. The number of halogens is 1. The summed E-state index contributed by atoms with van der Waals surface area (Å²) in [7, 11) is 1.74. The third kappa shape index (κ3) is 4.93. The van der Waals surface area contributed by atoms with Gasteiger partial charge in [0.15, 0.2) is 0 Å². The lowest BCUT2D eigenvalue weighted by Gasteiger charge is -2.38. The first-order valence-electron chi connectivity index (χ1n) is 8.04. The molecular formula is C18H29ClN2O2. The molecule has 0 spiro atoms. The van der Waals surface area contributed by atoms with Crippen LogP contribution >= 0.6 is 12.4 Å². The normalized spacial score (nSPS) is 17.2. The van der Waals surface area contributed by atoms with Gasteiger partial charge in [0.2, 0.25) is 5.91 Å². The SMILES string of the molecule is COCC1(CNC(=O)C(C)(C)c2ccccc2)CCNCC1.Cl. The Balaban J connectivity index is 0.00000264. The van der Waals surface area contributed by atoms with Gasteiger partial charge in [-0.25, -0.2) is 0 Å². The standard InChI is InChI=1S/C18H28N2O2.ClH/c1-17(2,15-7-5-4-6-8-15)16(21)20-13-18(14-22-3)9-11-19-12-10-18;/h4-8,19H,9-14H2,1-3H3,(H,20,21);1H. The van der Waals surface area contributed by atoms with E-state index in [4.69, 9.17) is 4.74 Å². The molecule has 5 heteroatoms. The van der Waals surface area contributed by atoms with Crippen LogP contribution < -0.4 is 10.6 Å². The lowest BCUT2D eigenvalue weighted by atomic mass is 9.78. The molecule has 0 atom stereocenters. The zero-order valence-corrected chi connectivity index (χ0v) is 15.2. The average molecular weight is 341 g/mol. The van der Waals surface area contributed by atoms with E-state index in [1.807, 2.05) is 44.2 Å². The molecule has 1 aromatic rings. The highest BCUT2D eigenvalue weighted by molar-refractivity contribution is 5.87. The maximum Gasteiger partial charge on any atom is 0.230 e. The van der Waals surface area contributed by atoms with Crippen LogP contribution in [0.1, 0.15) is 32.3 Å². The van der Waals surface area contributed by atoms with E-state index in [1.165, 1.54) is 0 Å². The Morgan fingerprint density at radius 1 is 1.26 bits per heavy atom. The molecule has 0 saturated carbocycles. The van der Waals surface area contributed by atoms with Crippen molar-refractivity contribution < 1.29 is 9.53 Å².